The zero-order valence-electron chi connectivity index (χ0n) is 11.4. The van der Waals surface area contributed by atoms with Gasteiger partial charge in [-0.15, -0.1) is 0 Å². The third-order valence-electron chi connectivity index (χ3n) is 3.61. The third kappa shape index (κ3) is 2.69. The molecule has 102 valence electrons. The molecule has 0 aliphatic heterocycles. The van der Waals surface area contributed by atoms with Crippen LogP contribution in [0.4, 0.5) is 0 Å². The largest absolute Gasteiger partial charge is 0.395 e. The molecule has 0 saturated heterocycles. The highest BCUT2D eigenvalue weighted by molar-refractivity contribution is 5.28. The molecule has 19 heavy (non-hydrogen) atoms. The fraction of sp³-hybridized carbons (Fsp3) is 0.400. The zero-order chi connectivity index (χ0) is 13.9. The first-order valence-electron chi connectivity index (χ1n) is 6.38. The lowest BCUT2D eigenvalue weighted by molar-refractivity contribution is 0.114. The lowest BCUT2D eigenvalue weighted by Crippen LogP contribution is -2.37. The monoisotopic (exact) mass is 260 g/mol. The number of hydrogen-bond donors (Lipinski definition) is 2. The Morgan fingerprint density at radius 1 is 1.16 bits per heavy atom. The molecule has 0 bridgehead atoms. The quantitative estimate of drug-likeness (QED) is 0.849. The van der Waals surface area contributed by atoms with Crippen LogP contribution >= 0.6 is 0 Å². The Balaban J connectivity index is 2.38. The molecule has 0 spiro atoms. The maximum absolute atomic E-state index is 9.80. The second-order valence-corrected chi connectivity index (χ2v) is 5.04. The van der Waals surface area contributed by atoms with Crippen molar-refractivity contribution in [1.82, 2.24) is 9.78 Å². The smallest absolute Gasteiger partial charge is 0.0596 e. The fourth-order valence-corrected chi connectivity index (χ4v) is 2.41. The molecular weight excluding hydrogens is 240 g/mol. The average Bonchev–Trinajstić information content (AvgIpc) is 2.75. The molecule has 1 aromatic heterocycles. The Labute approximate surface area is 113 Å². The Hall–Kier alpha value is -1.65. The van der Waals surface area contributed by atoms with Gasteiger partial charge >= 0.3 is 0 Å². The first-order chi connectivity index (χ1) is 9.11. The SMILES string of the molecule is Cc1cc(CC(CO)(CO)c2ccccc2)n(C)n1. The molecule has 1 heterocycles. The highest BCUT2D eigenvalue weighted by Gasteiger charge is 2.32. The predicted molar refractivity (Wildman–Crippen MR) is 73.9 cm³/mol. The van der Waals surface area contributed by atoms with E-state index < -0.39 is 5.41 Å². The van der Waals surface area contributed by atoms with Crippen LogP contribution in [-0.2, 0) is 18.9 Å². The summed E-state index contributed by atoms with van der Waals surface area (Å²) < 4.78 is 1.80. The number of hydrogen-bond acceptors (Lipinski definition) is 3. The molecule has 0 saturated carbocycles. The topological polar surface area (TPSA) is 58.3 Å². The normalized spacial score (nSPS) is 11.8. The van der Waals surface area contributed by atoms with Crippen LogP contribution < -0.4 is 0 Å². The lowest BCUT2D eigenvalue weighted by atomic mass is 9.78. The summed E-state index contributed by atoms with van der Waals surface area (Å²) in [5.74, 6) is 0. The Kier molecular flexibility index (Phi) is 4.02. The van der Waals surface area contributed by atoms with Gasteiger partial charge in [0.1, 0.15) is 0 Å². The number of nitrogens with zero attached hydrogens (tertiary/aromatic N) is 2. The van der Waals surface area contributed by atoms with Crippen LogP contribution in [0.5, 0.6) is 0 Å². The van der Waals surface area contributed by atoms with Gasteiger partial charge in [0.2, 0.25) is 0 Å². The summed E-state index contributed by atoms with van der Waals surface area (Å²) >= 11 is 0. The number of rotatable bonds is 5. The molecule has 4 heteroatoms. The van der Waals surface area contributed by atoms with Gasteiger partial charge in [0.05, 0.1) is 18.9 Å². The third-order valence-corrected chi connectivity index (χ3v) is 3.61. The summed E-state index contributed by atoms with van der Waals surface area (Å²) in [7, 11) is 1.88. The molecule has 0 aliphatic carbocycles. The molecule has 0 aliphatic rings. The van der Waals surface area contributed by atoms with E-state index in [4.69, 9.17) is 0 Å². The predicted octanol–water partition coefficient (Wildman–Crippen LogP) is 1.19. The van der Waals surface area contributed by atoms with Gasteiger partial charge in [-0.3, -0.25) is 4.68 Å². The van der Waals surface area contributed by atoms with Gasteiger partial charge in [-0.2, -0.15) is 5.10 Å². The Bertz CT molecular complexity index is 530. The van der Waals surface area contributed by atoms with Gasteiger partial charge in [-0.1, -0.05) is 30.3 Å². The summed E-state index contributed by atoms with van der Waals surface area (Å²) in [6.07, 6.45) is 0.557. The van der Waals surface area contributed by atoms with Crippen LogP contribution in [0.2, 0.25) is 0 Å². The maximum atomic E-state index is 9.80. The van der Waals surface area contributed by atoms with Gasteiger partial charge in [0.15, 0.2) is 0 Å². The molecule has 4 nitrogen and oxygen atoms in total. The zero-order valence-corrected chi connectivity index (χ0v) is 11.4. The summed E-state index contributed by atoms with van der Waals surface area (Å²) in [5, 5.41) is 23.9. The minimum atomic E-state index is -0.665. The van der Waals surface area contributed by atoms with E-state index in [1.807, 2.05) is 50.4 Å². The van der Waals surface area contributed by atoms with Crippen LogP contribution in [-0.4, -0.2) is 33.2 Å². The molecule has 2 rings (SSSR count). The van der Waals surface area contributed by atoms with E-state index in [2.05, 4.69) is 5.10 Å². The number of aliphatic hydroxyl groups excluding tert-OH is 2. The van der Waals surface area contributed by atoms with Crippen molar-refractivity contribution in [2.45, 2.75) is 18.8 Å². The molecule has 0 radical (unpaired) electrons. The van der Waals surface area contributed by atoms with E-state index in [1.165, 1.54) is 0 Å². The van der Waals surface area contributed by atoms with Crippen LogP contribution in [0.1, 0.15) is 17.0 Å². The highest BCUT2D eigenvalue weighted by atomic mass is 16.3. The minimum Gasteiger partial charge on any atom is -0.395 e. The van der Waals surface area contributed by atoms with Crippen molar-refractivity contribution in [3.8, 4) is 0 Å². The summed E-state index contributed by atoms with van der Waals surface area (Å²) in [4.78, 5) is 0. The first kappa shape index (κ1) is 13.8. The van der Waals surface area contributed by atoms with Crippen molar-refractivity contribution >= 4 is 0 Å². The number of aliphatic hydroxyl groups is 2. The van der Waals surface area contributed by atoms with Crippen molar-refractivity contribution < 1.29 is 10.2 Å². The molecule has 0 unspecified atom stereocenters. The number of benzene rings is 1. The van der Waals surface area contributed by atoms with Crippen LogP contribution in [0.3, 0.4) is 0 Å². The van der Waals surface area contributed by atoms with E-state index >= 15 is 0 Å². The van der Waals surface area contributed by atoms with Crippen molar-refractivity contribution in [1.29, 1.82) is 0 Å². The first-order valence-corrected chi connectivity index (χ1v) is 6.38. The summed E-state index contributed by atoms with van der Waals surface area (Å²) in [6.45, 7) is 1.74. The van der Waals surface area contributed by atoms with E-state index in [0.29, 0.717) is 6.42 Å². The molecule has 0 fully saturated rings. The standard InChI is InChI=1S/C15H20N2O2/c1-12-8-14(17(2)16-12)9-15(10-18,11-19)13-6-4-3-5-7-13/h3-8,18-19H,9-11H2,1-2H3. The average molecular weight is 260 g/mol. The minimum absolute atomic E-state index is 0.0995. The number of aryl methyl sites for hydroxylation is 2. The van der Waals surface area contributed by atoms with Gasteiger partial charge in [0, 0.05) is 24.6 Å². The van der Waals surface area contributed by atoms with Gasteiger partial charge in [0.25, 0.3) is 0 Å². The van der Waals surface area contributed by atoms with E-state index in [1.54, 1.807) is 4.68 Å². The second kappa shape index (κ2) is 5.55. The maximum Gasteiger partial charge on any atom is 0.0596 e. The van der Waals surface area contributed by atoms with Gasteiger partial charge in [-0.05, 0) is 18.6 Å². The summed E-state index contributed by atoms with van der Waals surface area (Å²) in [6, 6.07) is 11.6. The van der Waals surface area contributed by atoms with Crippen molar-refractivity contribution in [2.24, 2.45) is 7.05 Å². The molecule has 0 amide bonds. The molecule has 0 atom stereocenters. The molecular formula is C15H20N2O2. The van der Waals surface area contributed by atoms with E-state index in [9.17, 15) is 10.2 Å². The highest BCUT2D eigenvalue weighted by Crippen LogP contribution is 2.28. The second-order valence-electron chi connectivity index (χ2n) is 5.04. The van der Waals surface area contributed by atoms with E-state index in [-0.39, 0.29) is 13.2 Å². The molecule has 2 N–H and O–H groups in total. The Morgan fingerprint density at radius 3 is 2.26 bits per heavy atom. The van der Waals surface area contributed by atoms with Gasteiger partial charge < -0.3 is 10.2 Å². The lowest BCUT2D eigenvalue weighted by Gasteiger charge is -2.30. The van der Waals surface area contributed by atoms with Crippen LogP contribution in [0.15, 0.2) is 36.4 Å². The van der Waals surface area contributed by atoms with E-state index in [0.717, 1.165) is 17.0 Å². The van der Waals surface area contributed by atoms with Crippen molar-refractivity contribution in [3.63, 3.8) is 0 Å². The van der Waals surface area contributed by atoms with Crippen molar-refractivity contribution in [3.05, 3.63) is 53.3 Å². The van der Waals surface area contributed by atoms with Crippen LogP contribution in [0.25, 0.3) is 0 Å². The van der Waals surface area contributed by atoms with Crippen LogP contribution in [0, 0.1) is 6.92 Å². The van der Waals surface area contributed by atoms with Gasteiger partial charge in [-0.25, -0.2) is 0 Å². The summed E-state index contributed by atoms with van der Waals surface area (Å²) in [5.41, 5.74) is 2.22. The number of aromatic nitrogens is 2. The molecule has 2 aromatic rings. The van der Waals surface area contributed by atoms with Crippen molar-refractivity contribution in [2.75, 3.05) is 13.2 Å². The Morgan fingerprint density at radius 2 is 1.79 bits per heavy atom. The molecule has 1 aromatic carbocycles. The fourth-order valence-electron chi connectivity index (χ4n) is 2.41.